The number of ether oxygens (including phenoxy) is 1. The lowest BCUT2D eigenvalue weighted by Crippen LogP contribution is -2.37. The molecule has 1 fully saturated rings. The Morgan fingerprint density at radius 2 is 1.96 bits per heavy atom. The highest BCUT2D eigenvalue weighted by atomic mass is 35.5. The molecule has 0 unspecified atom stereocenters. The number of benzene rings is 1. The standard InChI is InChI=1S/C17H22N2O3.ClH/c20-17(16-13-14-5-1-2-6-15(14)22-16)18-7-3-4-8-19-9-11-21-12-10-19;/h1-2,5-6,13H,3-4,7-12H2,(H,18,20);1H. The summed E-state index contributed by atoms with van der Waals surface area (Å²) in [6.07, 6.45) is 2.06. The zero-order chi connectivity index (χ0) is 15.2. The number of rotatable bonds is 6. The Hall–Kier alpha value is -1.56. The lowest BCUT2D eigenvalue weighted by atomic mass is 10.2. The second kappa shape index (κ2) is 8.91. The van der Waals surface area contributed by atoms with Gasteiger partial charge in [0.15, 0.2) is 5.76 Å². The molecular weight excluding hydrogens is 316 g/mol. The molecule has 1 N–H and O–H groups in total. The van der Waals surface area contributed by atoms with E-state index < -0.39 is 0 Å². The zero-order valence-electron chi connectivity index (χ0n) is 13.1. The van der Waals surface area contributed by atoms with E-state index >= 15 is 0 Å². The van der Waals surface area contributed by atoms with Crippen molar-refractivity contribution in [2.75, 3.05) is 39.4 Å². The molecule has 0 bridgehead atoms. The topological polar surface area (TPSA) is 54.7 Å². The van der Waals surface area contributed by atoms with Crippen LogP contribution in [0.1, 0.15) is 23.4 Å². The van der Waals surface area contributed by atoms with E-state index in [4.69, 9.17) is 9.15 Å². The number of nitrogens with zero attached hydrogens (tertiary/aromatic N) is 1. The molecule has 1 aromatic heterocycles. The van der Waals surface area contributed by atoms with Gasteiger partial charge in [0.25, 0.3) is 5.91 Å². The first-order valence-corrected chi connectivity index (χ1v) is 7.90. The summed E-state index contributed by atoms with van der Waals surface area (Å²) in [5.74, 6) is 0.247. The van der Waals surface area contributed by atoms with E-state index in [9.17, 15) is 4.79 Å². The Kier molecular flexibility index (Phi) is 6.89. The smallest absolute Gasteiger partial charge is 0.287 e. The van der Waals surface area contributed by atoms with Crippen molar-refractivity contribution in [3.8, 4) is 0 Å². The molecule has 2 aromatic rings. The molecule has 0 radical (unpaired) electrons. The van der Waals surface area contributed by atoms with Gasteiger partial charge >= 0.3 is 0 Å². The number of nitrogens with one attached hydrogen (secondary N) is 1. The van der Waals surface area contributed by atoms with Gasteiger partial charge in [-0.25, -0.2) is 0 Å². The maximum atomic E-state index is 12.0. The highest BCUT2D eigenvalue weighted by molar-refractivity contribution is 5.95. The van der Waals surface area contributed by atoms with Gasteiger partial charge in [-0.2, -0.15) is 0 Å². The number of morpholine rings is 1. The molecule has 23 heavy (non-hydrogen) atoms. The van der Waals surface area contributed by atoms with Crippen LogP contribution >= 0.6 is 12.4 Å². The number of unbranched alkanes of at least 4 members (excludes halogenated alkanes) is 1. The minimum Gasteiger partial charge on any atom is -0.451 e. The van der Waals surface area contributed by atoms with Gasteiger partial charge in [-0.3, -0.25) is 9.69 Å². The Bertz CT molecular complexity index is 590. The molecule has 1 aromatic carbocycles. The quantitative estimate of drug-likeness (QED) is 0.823. The molecule has 126 valence electrons. The van der Waals surface area contributed by atoms with Gasteiger partial charge in [0.05, 0.1) is 13.2 Å². The van der Waals surface area contributed by atoms with Crippen molar-refractivity contribution >= 4 is 29.3 Å². The zero-order valence-corrected chi connectivity index (χ0v) is 13.9. The van der Waals surface area contributed by atoms with Crippen LogP contribution in [0.5, 0.6) is 0 Å². The molecule has 2 heterocycles. The fraction of sp³-hybridized carbons (Fsp3) is 0.471. The molecule has 1 amide bonds. The predicted octanol–water partition coefficient (Wildman–Crippen LogP) is 2.70. The van der Waals surface area contributed by atoms with Crippen LogP contribution in [-0.2, 0) is 4.74 Å². The van der Waals surface area contributed by atoms with E-state index in [1.807, 2.05) is 24.3 Å². The summed E-state index contributed by atoms with van der Waals surface area (Å²) in [6.45, 7) is 5.46. The van der Waals surface area contributed by atoms with E-state index in [0.717, 1.165) is 56.7 Å². The first kappa shape index (κ1) is 17.8. The van der Waals surface area contributed by atoms with Crippen molar-refractivity contribution in [2.24, 2.45) is 0 Å². The Morgan fingerprint density at radius 3 is 2.74 bits per heavy atom. The summed E-state index contributed by atoms with van der Waals surface area (Å²) in [5, 5.41) is 3.88. The Balaban J connectivity index is 0.00000192. The normalized spacial score (nSPS) is 15.3. The minimum absolute atomic E-state index is 0. The molecule has 3 rings (SSSR count). The number of carbonyl (C=O) groups excluding carboxylic acids is 1. The van der Waals surface area contributed by atoms with Crippen molar-refractivity contribution in [1.29, 1.82) is 0 Å². The third kappa shape index (κ3) is 4.96. The van der Waals surface area contributed by atoms with Crippen molar-refractivity contribution in [3.05, 3.63) is 36.1 Å². The summed E-state index contributed by atoms with van der Waals surface area (Å²) >= 11 is 0. The lowest BCUT2D eigenvalue weighted by molar-refractivity contribution is 0.0372. The largest absolute Gasteiger partial charge is 0.451 e. The number of carbonyl (C=O) groups is 1. The number of halogens is 1. The van der Waals surface area contributed by atoms with Crippen LogP contribution in [0.3, 0.4) is 0 Å². The van der Waals surface area contributed by atoms with Crippen LogP contribution in [0.4, 0.5) is 0 Å². The number of hydrogen-bond acceptors (Lipinski definition) is 4. The van der Waals surface area contributed by atoms with Gasteiger partial charge in [-0.1, -0.05) is 18.2 Å². The summed E-state index contributed by atoms with van der Waals surface area (Å²) in [4.78, 5) is 14.5. The van der Waals surface area contributed by atoms with Gasteiger partial charge in [0, 0.05) is 25.0 Å². The molecule has 6 heteroatoms. The highest BCUT2D eigenvalue weighted by Crippen LogP contribution is 2.18. The molecule has 1 aliphatic heterocycles. The first-order chi connectivity index (χ1) is 10.8. The molecule has 0 spiro atoms. The predicted molar refractivity (Wildman–Crippen MR) is 92.3 cm³/mol. The summed E-state index contributed by atoms with van der Waals surface area (Å²) < 4.78 is 10.9. The Morgan fingerprint density at radius 1 is 1.17 bits per heavy atom. The molecule has 5 nitrogen and oxygen atoms in total. The molecular formula is C17H23ClN2O3. The van der Waals surface area contributed by atoms with Crippen molar-refractivity contribution in [3.63, 3.8) is 0 Å². The summed E-state index contributed by atoms with van der Waals surface area (Å²) in [7, 11) is 0. The SMILES string of the molecule is Cl.O=C(NCCCCN1CCOCC1)c1cc2ccccc2o1. The van der Waals surface area contributed by atoms with E-state index in [2.05, 4.69) is 10.2 Å². The van der Waals surface area contributed by atoms with Crippen LogP contribution in [0.2, 0.25) is 0 Å². The maximum Gasteiger partial charge on any atom is 0.287 e. The average molecular weight is 339 g/mol. The van der Waals surface area contributed by atoms with Crippen LogP contribution in [0.25, 0.3) is 11.0 Å². The molecule has 1 aliphatic rings. The van der Waals surface area contributed by atoms with E-state index in [1.165, 1.54) is 0 Å². The van der Waals surface area contributed by atoms with Crippen LogP contribution in [0.15, 0.2) is 34.7 Å². The third-order valence-corrected chi connectivity index (χ3v) is 3.94. The summed E-state index contributed by atoms with van der Waals surface area (Å²) in [5.41, 5.74) is 0.750. The van der Waals surface area contributed by atoms with Gasteiger partial charge in [-0.05, 0) is 31.5 Å². The maximum absolute atomic E-state index is 12.0. The third-order valence-electron chi connectivity index (χ3n) is 3.94. The van der Waals surface area contributed by atoms with Crippen LogP contribution in [-0.4, -0.2) is 50.2 Å². The fourth-order valence-corrected chi connectivity index (χ4v) is 2.67. The van der Waals surface area contributed by atoms with Gasteiger partial charge < -0.3 is 14.5 Å². The van der Waals surface area contributed by atoms with Gasteiger partial charge in [0.1, 0.15) is 5.58 Å². The van der Waals surface area contributed by atoms with Crippen molar-refractivity contribution in [2.45, 2.75) is 12.8 Å². The monoisotopic (exact) mass is 338 g/mol. The lowest BCUT2D eigenvalue weighted by Gasteiger charge is -2.26. The molecule has 0 atom stereocenters. The van der Waals surface area contributed by atoms with Crippen LogP contribution in [0, 0.1) is 0 Å². The fourth-order valence-electron chi connectivity index (χ4n) is 2.67. The highest BCUT2D eigenvalue weighted by Gasteiger charge is 2.12. The van der Waals surface area contributed by atoms with E-state index in [-0.39, 0.29) is 18.3 Å². The first-order valence-electron chi connectivity index (χ1n) is 7.90. The molecule has 0 aliphatic carbocycles. The van der Waals surface area contributed by atoms with E-state index in [0.29, 0.717) is 12.3 Å². The number of fused-ring (bicyclic) bond motifs is 1. The number of furan rings is 1. The van der Waals surface area contributed by atoms with Crippen molar-refractivity contribution < 1.29 is 13.9 Å². The molecule has 0 saturated carbocycles. The van der Waals surface area contributed by atoms with E-state index in [1.54, 1.807) is 6.07 Å². The minimum atomic E-state index is -0.137. The number of para-hydroxylation sites is 1. The average Bonchev–Trinajstić information content (AvgIpc) is 2.99. The van der Waals surface area contributed by atoms with Crippen molar-refractivity contribution in [1.82, 2.24) is 10.2 Å². The van der Waals surface area contributed by atoms with Crippen LogP contribution < -0.4 is 5.32 Å². The van der Waals surface area contributed by atoms with Gasteiger partial charge in [-0.15, -0.1) is 12.4 Å². The van der Waals surface area contributed by atoms with Gasteiger partial charge in [0.2, 0.25) is 0 Å². The number of hydrogen-bond donors (Lipinski definition) is 1. The second-order valence-electron chi connectivity index (χ2n) is 5.57. The molecule has 1 saturated heterocycles. The second-order valence-corrected chi connectivity index (χ2v) is 5.57. The summed E-state index contributed by atoms with van der Waals surface area (Å²) in [6, 6.07) is 9.44. The Labute approximate surface area is 142 Å². The number of amides is 1.